The van der Waals surface area contributed by atoms with Crippen LogP contribution in [0, 0.1) is 12.7 Å². The number of halogens is 1. The quantitative estimate of drug-likeness (QED) is 0.800. The van der Waals surface area contributed by atoms with E-state index < -0.39 is 5.91 Å². The van der Waals surface area contributed by atoms with Crippen LogP contribution >= 0.6 is 0 Å². The van der Waals surface area contributed by atoms with Gasteiger partial charge in [0, 0.05) is 17.7 Å². The van der Waals surface area contributed by atoms with Gasteiger partial charge in [0.05, 0.1) is 0 Å². The fourth-order valence-corrected chi connectivity index (χ4v) is 1.77. The number of aromatic nitrogens is 2. The summed E-state index contributed by atoms with van der Waals surface area (Å²) in [5.74, 6) is -0.0579. The van der Waals surface area contributed by atoms with E-state index >= 15 is 0 Å². The minimum absolute atomic E-state index is 0.00471. The summed E-state index contributed by atoms with van der Waals surface area (Å²) in [4.78, 5) is 11.9. The number of rotatable bonds is 3. The molecule has 0 unspecified atom stereocenters. The number of nitrogens with one attached hydrogen (secondary N) is 1. The van der Waals surface area contributed by atoms with Gasteiger partial charge in [-0.15, -0.1) is 0 Å². The molecule has 2 aromatic heterocycles. The maximum absolute atomic E-state index is 13.2. The molecule has 0 atom stereocenters. The van der Waals surface area contributed by atoms with Gasteiger partial charge < -0.3 is 14.4 Å². The van der Waals surface area contributed by atoms with Gasteiger partial charge in [0.1, 0.15) is 17.3 Å². The lowest BCUT2D eigenvalue weighted by Crippen LogP contribution is -2.10. The smallest absolute Gasteiger partial charge is 0.295 e. The first kappa shape index (κ1) is 13.0. The Hall–Kier alpha value is -2.96. The van der Waals surface area contributed by atoms with E-state index in [2.05, 4.69) is 15.6 Å². The summed E-state index contributed by atoms with van der Waals surface area (Å²) in [5, 5.41) is 9.89. The van der Waals surface area contributed by atoms with Gasteiger partial charge >= 0.3 is 0 Å². The molecule has 3 rings (SSSR count). The van der Waals surface area contributed by atoms with Crippen LogP contribution in [0.4, 0.5) is 10.2 Å². The molecule has 1 N–H and O–H groups in total. The van der Waals surface area contributed by atoms with Crippen LogP contribution < -0.4 is 5.32 Å². The molecule has 1 amide bonds. The van der Waals surface area contributed by atoms with Crippen molar-refractivity contribution in [2.75, 3.05) is 5.32 Å². The van der Waals surface area contributed by atoms with Crippen LogP contribution in [0.1, 0.15) is 16.3 Å². The Morgan fingerprint density at radius 1 is 1.19 bits per heavy atom. The number of aryl methyl sites for hydroxylation is 1. The number of anilines is 1. The number of nitrogens with zero attached hydrogens (tertiary/aromatic N) is 2. The molecular formula is C14H10FN3O3. The third kappa shape index (κ3) is 2.81. The fraction of sp³-hybridized carbons (Fsp3) is 0.0714. The van der Waals surface area contributed by atoms with Crippen LogP contribution in [0.15, 0.2) is 45.4 Å². The number of carbonyl (C=O) groups excluding carboxylic acids is 1. The number of carbonyl (C=O) groups is 1. The van der Waals surface area contributed by atoms with E-state index in [9.17, 15) is 9.18 Å². The molecule has 7 heteroatoms. The minimum atomic E-state index is -0.515. The molecule has 106 valence electrons. The van der Waals surface area contributed by atoms with Crippen LogP contribution in [0.3, 0.4) is 0 Å². The Kier molecular flexibility index (Phi) is 3.23. The van der Waals surface area contributed by atoms with Crippen molar-refractivity contribution in [3.05, 3.63) is 53.7 Å². The number of hydrogen-bond acceptors (Lipinski definition) is 5. The molecule has 1 aromatic carbocycles. The van der Waals surface area contributed by atoms with E-state index in [0.717, 1.165) is 0 Å². The van der Waals surface area contributed by atoms with E-state index in [-0.39, 0.29) is 17.4 Å². The molecule has 0 bridgehead atoms. The lowest BCUT2D eigenvalue weighted by atomic mass is 10.1. The molecule has 0 saturated heterocycles. The second-order valence-electron chi connectivity index (χ2n) is 4.36. The van der Waals surface area contributed by atoms with Crippen LogP contribution in [-0.4, -0.2) is 16.2 Å². The number of hydrogen-bond donors (Lipinski definition) is 1. The largest absolute Gasteiger partial charge is 0.360 e. The van der Waals surface area contributed by atoms with Crippen molar-refractivity contribution in [2.45, 2.75) is 6.92 Å². The Morgan fingerprint density at radius 2 is 2.05 bits per heavy atom. The van der Waals surface area contributed by atoms with E-state index in [4.69, 9.17) is 9.05 Å². The highest BCUT2D eigenvalue weighted by molar-refractivity contribution is 6.02. The zero-order valence-electron chi connectivity index (χ0n) is 11.0. The van der Waals surface area contributed by atoms with Gasteiger partial charge in [-0.05, 0) is 19.1 Å². The predicted octanol–water partition coefficient (Wildman–Crippen LogP) is 3.03. The Bertz CT molecular complexity index is 794. The normalized spacial score (nSPS) is 10.6. The third-order valence-electron chi connectivity index (χ3n) is 2.72. The van der Waals surface area contributed by atoms with Gasteiger partial charge in [0.25, 0.3) is 5.91 Å². The third-order valence-corrected chi connectivity index (χ3v) is 2.72. The van der Waals surface area contributed by atoms with Crippen molar-refractivity contribution in [3.8, 4) is 11.3 Å². The topological polar surface area (TPSA) is 81.2 Å². The SMILES string of the molecule is Cc1cc(NC(=O)c2cc(-c3cccc(F)c3)no2)no1. The lowest BCUT2D eigenvalue weighted by molar-refractivity contribution is 0.0987. The maximum atomic E-state index is 13.2. The van der Waals surface area contributed by atoms with Gasteiger partial charge in [-0.3, -0.25) is 4.79 Å². The van der Waals surface area contributed by atoms with Crippen molar-refractivity contribution in [1.29, 1.82) is 0 Å². The van der Waals surface area contributed by atoms with Crippen molar-refractivity contribution in [2.24, 2.45) is 0 Å². The predicted molar refractivity (Wildman–Crippen MR) is 71.1 cm³/mol. The molecule has 0 spiro atoms. The highest BCUT2D eigenvalue weighted by Gasteiger charge is 2.15. The van der Waals surface area contributed by atoms with E-state index in [1.54, 1.807) is 25.1 Å². The van der Waals surface area contributed by atoms with Crippen molar-refractivity contribution < 1.29 is 18.2 Å². The minimum Gasteiger partial charge on any atom is -0.360 e. The van der Waals surface area contributed by atoms with Crippen molar-refractivity contribution >= 4 is 11.7 Å². The Balaban J connectivity index is 1.80. The summed E-state index contributed by atoms with van der Waals surface area (Å²) in [6.45, 7) is 1.71. The summed E-state index contributed by atoms with van der Waals surface area (Å²) in [6.07, 6.45) is 0. The van der Waals surface area contributed by atoms with Crippen LogP contribution in [-0.2, 0) is 0 Å². The van der Waals surface area contributed by atoms with Gasteiger partial charge in [0.15, 0.2) is 5.82 Å². The van der Waals surface area contributed by atoms with Crippen LogP contribution in [0.5, 0.6) is 0 Å². The summed E-state index contributed by atoms with van der Waals surface area (Å²) < 4.78 is 22.9. The monoisotopic (exact) mass is 287 g/mol. The molecule has 21 heavy (non-hydrogen) atoms. The van der Waals surface area contributed by atoms with Crippen LogP contribution in [0.25, 0.3) is 11.3 Å². The summed E-state index contributed by atoms with van der Waals surface area (Å²) in [7, 11) is 0. The van der Waals surface area contributed by atoms with Crippen LogP contribution in [0.2, 0.25) is 0 Å². The van der Waals surface area contributed by atoms with Gasteiger partial charge in [-0.2, -0.15) is 0 Å². The molecule has 0 radical (unpaired) electrons. The number of amides is 1. The summed E-state index contributed by atoms with van der Waals surface area (Å²) >= 11 is 0. The van der Waals surface area contributed by atoms with Crippen molar-refractivity contribution in [1.82, 2.24) is 10.3 Å². The molecular weight excluding hydrogens is 277 g/mol. The lowest BCUT2D eigenvalue weighted by Gasteiger charge is -1.95. The first-order valence-corrected chi connectivity index (χ1v) is 6.09. The maximum Gasteiger partial charge on any atom is 0.295 e. The van der Waals surface area contributed by atoms with Gasteiger partial charge in [-0.25, -0.2) is 4.39 Å². The molecule has 0 aliphatic carbocycles. The Labute approximate surface area is 118 Å². The highest BCUT2D eigenvalue weighted by atomic mass is 19.1. The molecule has 0 aliphatic heterocycles. The van der Waals surface area contributed by atoms with Gasteiger partial charge in [-0.1, -0.05) is 22.4 Å². The molecule has 3 aromatic rings. The number of benzene rings is 1. The average Bonchev–Trinajstić information content (AvgIpc) is 3.08. The molecule has 6 nitrogen and oxygen atoms in total. The summed E-state index contributed by atoms with van der Waals surface area (Å²) in [6, 6.07) is 8.85. The van der Waals surface area contributed by atoms with E-state index in [1.807, 2.05) is 0 Å². The summed E-state index contributed by atoms with van der Waals surface area (Å²) in [5.41, 5.74) is 0.895. The molecule has 2 heterocycles. The average molecular weight is 287 g/mol. The molecule has 0 saturated carbocycles. The standard InChI is InChI=1S/C14H10FN3O3/c1-8-5-13(18-20-8)16-14(19)12-7-11(17-21-12)9-3-2-4-10(15)6-9/h2-7H,1H3,(H,16,18,19). The van der Waals surface area contributed by atoms with Crippen molar-refractivity contribution in [3.63, 3.8) is 0 Å². The van der Waals surface area contributed by atoms with E-state index in [1.165, 1.54) is 18.2 Å². The van der Waals surface area contributed by atoms with E-state index in [0.29, 0.717) is 17.0 Å². The molecule has 0 aliphatic rings. The molecule has 0 fully saturated rings. The zero-order valence-corrected chi connectivity index (χ0v) is 11.0. The first-order valence-electron chi connectivity index (χ1n) is 6.09. The second kappa shape index (κ2) is 5.20. The first-order chi connectivity index (χ1) is 10.1. The Morgan fingerprint density at radius 3 is 2.76 bits per heavy atom. The highest BCUT2D eigenvalue weighted by Crippen LogP contribution is 2.20. The fourth-order valence-electron chi connectivity index (χ4n) is 1.77. The van der Waals surface area contributed by atoms with Gasteiger partial charge in [0.2, 0.25) is 5.76 Å². The second-order valence-corrected chi connectivity index (χ2v) is 4.36. The zero-order chi connectivity index (χ0) is 14.8.